The van der Waals surface area contributed by atoms with E-state index in [1.165, 1.54) is 4.90 Å². The molecule has 0 saturated heterocycles. The molecule has 10 nitrogen and oxygen atoms in total. The highest BCUT2D eigenvalue weighted by atomic mass is 16.5. The largest absolute Gasteiger partial charge is 0.508 e. The summed E-state index contributed by atoms with van der Waals surface area (Å²) in [6.45, 7) is 0.544. The van der Waals surface area contributed by atoms with Crippen LogP contribution in [0.2, 0.25) is 0 Å². The quantitative estimate of drug-likeness (QED) is 0.210. The van der Waals surface area contributed by atoms with Gasteiger partial charge in [0.05, 0.1) is 5.92 Å². The molecule has 0 aliphatic rings. The number of nitrogens with zero attached hydrogens (tertiary/aromatic N) is 3. The second-order valence-electron chi connectivity index (χ2n) is 8.83. The fourth-order valence-corrected chi connectivity index (χ4v) is 4.33. The number of aromatic hydroxyl groups is 1. The van der Waals surface area contributed by atoms with E-state index in [2.05, 4.69) is 15.5 Å². The number of carbonyl (C=O) groups is 2. The molecular weight excluding hydrogens is 484 g/mol. The van der Waals surface area contributed by atoms with Gasteiger partial charge in [-0.3, -0.25) is 9.59 Å². The minimum Gasteiger partial charge on any atom is -0.508 e. The third kappa shape index (κ3) is 6.67. The number of phenolic OH excluding ortho intramolecular Hbond substituents is 1. The lowest BCUT2D eigenvalue weighted by molar-refractivity contribution is -0.140. The topological polar surface area (TPSA) is 161 Å². The van der Waals surface area contributed by atoms with Crippen LogP contribution in [0.15, 0.2) is 89.5 Å². The Hall–Kier alpha value is -4.86. The number of hydrogen-bond donors (Lipinski definition) is 4. The van der Waals surface area contributed by atoms with E-state index in [9.17, 15) is 14.7 Å². The fraction of sp³-hybridized carbons (Fsp3) is 0.214. The number of benzene rings is 3. The van der Waals surface area contributed by atoms with E-state index in [0.29, 0.717) is 19.4 Å². The van der Waals surface area contributed by atoms with Crippen LogP contribution in [0.3, 0.4) is 0 Å². The molecule has 0 saturated carbocycles. The fourth-order valence-electron chi connectivity index (χ4n) is 4.33. The zero-order valence-electron chi connectivity index (χ0n) is 20.7. The van der Waals surface area contributed by atoms with Gasteiger partial charge >= 0.3 is 6.01 Å². The van der Waals surface area contributed by atoms with Gasteiger partial charge < -0.3 is 31.3 Å². The summed E-state index contributed by atoms with van der Waals surface area (Å²) in [5.74, 6) is -1.16. The molecule has 0 unspecified atom stereocenters. The highest BCUT2D eigenvalue weighted by molar-refractivity contribution is 5.92. The highest BCUT2D eigenvalue weighted by Gasteiger charge is 2.34. The Balaban J connectivity index is 1.63. The maximum Gasteiger partial charge on any atom is 0.320 e. The second-order valence-corrected chi connectivity index (χ2v) is 8.83. The monoisotopic (exact) mass is 514 g/mol. The zero-order chi connectivity index (χ0) is 26.9. The first-order valence-electron chi connectivity index (χ1n) is 12.2. The van der Waals surface area contributed by atoms with Gasteiger partial charge in [0.2, 0.25) is 11.8 Å². The van der Waals surface area contributed by atoms with E-state index in [4.69, 9.17) is 16.0 Å². The molecule has 0 bridgehead atoms. The Bertz CT molecular complexity index is 1290. The number of phenols is 1. The van der Waals surface area contributed by atoms with Crippen molar-refractivity contribution in [1.29, 1.82) is 0 Å². The lowest BCUT2D eigenvalue weighted by Gasteiger charge is -2.33. The van der Waals surface area contributed by atoms with Gasteiger partial charge in [0.25, 0.3) is 5.95 Å². The van der Waals surface area contributed by atoms with Gasteiger partial charge in [-0.2, -0.15) is 4.98 Å². The second kappa shape index (κ2) is 12.4. The third-order valence-electron chi connectivity index (χ3n) is 6.17. The van der Waals surface area contributed by atoms with Crippen molar-refractivity contribution < 1.29 is 19.2 Å². The van der Waals surface area contributed by atoms with Gasteiger partial charge in [0, 0.05) is 13.1 Å². The maximum atomic E-state index is 14.3. The minimum atomic E-state index is -0.886. The molecule has 0 aliphatic carbocycles. The number of rotatable bonds is 12. The van der Waals surface area contributed by atoms with E-state index < -0.39 is 17.9 Å². The number of aromatic nitrogens is 2. The number of carbonyl (C=O) groups excluding carboxylic acids is 2. The maximum absolute atomic E-state index is 14.3. The Kier molecular flexibility index (Phi) is 8.55. The van der Waals surface area contributed by atoms with Crippen molar-refractivity contribution in [2.24, 2.45) is 5.73 Å². The van der Waals surface area contributed by atoms with Crippen molar-refractivity contribution in [2.75, 3.05) is 17.6 Å². The third-order valence-corrected chi connectivity index (χ3v) is 6.17. The number of primary amides is 1. The summed E-state index contributed by atoms with van der Waals surface area (Å²) in [6, 6.07) is 24.5. The Morgan fingerprint density at radius 2 is 1.55 bits per heavy atom. The normalized spacial score (nSPS) is 11.7. The summed E-state index contributed by atoms with van der Waals surface area (Å²) in [7, 11) is 0. The first-order chi connectivity index (χ1) is 18.4. The van der Waals surface area contributed by atoms with Crippen molar-refractivity contribution in [3.05, 3.63) is 102 Å². The average molecular weight is 515 g/mol. The van der Waals surface area contributed by atoms with Gasteiger partial charge in [-0.05, 0) is 46.8 Å². The van der Waals surface area contributed by atoms with E-state index in [0.717, 1.165) is 16.7 Å². The Morgan fingerprint density at radius 3 is 2.08 bits per heavy atom. The molecule has 6 N–H and O–H groups in total. The van der Waals surface area contributed by atoms with Crippen LogP contribution in [0, 0.1) is 0 Å². The van der Waals surface area contributed by atoms with Crippen LogP contribution in [0.25, 0.3) is 0 Å². The molecule has 2 amide bonds. The van der Waals surface area contributed by atoms with Crippen molar-refractivity contribution in [3.8, 4) is 5.75 Å². The van der Waals surface area contributed by atoms with E-state index >= 15 is 0 Å². The molecule has 0 aliphatic heterocycles. The summed E-state index contributed by atoms with van der Waals surface area (Å²) >= 11 is 0. The summed E-state index contributed by atoms with van der Waals surface area (Å²) in [6.07, 6.45) is 0.790. The number of nitrogens with one attached hydrogen (secondary N) is 1. The lowest BCUT2D eigenvalue weighted by Crippen LogP contribution is -2.49. The minimum absolute atomic E-state index is 0.0546. The lowest BCUT2D eigenvalue weighted by atomic mass is 9.89. The summed E-state index contributed by atoms with van der Waals surface area (Å²) in [5, 5.41) is 16.4. The highest BCUT2D eigenvalue weighted by Crippen LogP contribution is 2.29. The van der Waals surface area contributed by atoms with Crippen molar-refractivity contribution >= 4 is 23.8 Å². The Morgan fingerprint density at radius 1 is 0.947 bits per heavy atom. The van der Waals surface area contributed by atoms with Gasteiger partial charge in [-0.15, -0.1) is 0 Å². The van der Waals surface area contributed by atoms with Crippen LogP contribution in [0.5, 0.6) is 5.75 Å². The van der Waals surface area contributed by atoms with E-state index in [1.54, 1.807) is 24.3 Å². The number of amides is 2. The molecule has 38 heavy (non-hydrogen) atoms. The molecule has 1 aromatic heterocycles. The van der Waals surface area contributed by atoms with Crippen LogP contribution in [0.1, 0.15) is 35.4 Å². The van der Waals surface area contributed by atoms with Crippen molar-refractivity contribution in [3.63, 3.8) is 0 Å². The number of nitrogens with two attached hydrogens (primary N) is 2. The molecule has 196 valence electrons. The zero-order valence-corrected chi connectivity index (χ0v) is 20.7. The Labute approximate surface area is 220 Å². The summed E-state index contributed by atoms with van der Waals surface area (Å²) in [4.78, 5) is 32.5. The van der Waals surface area contributed by atoms with Crippen molar-refractivity contribution in [2.45, 2.75) is 31.3 Å². The van der Waals surface area contributed by atoms with Gasteiger partial charge in [-0.1, -0.05) is 72.8 Å². The molecule has 3 aromatic carbocycles. The first-order valence-corrected chi connectivity index (χ1v) is 12.2. The van der Waals surface area contributed by atoms with Crippen LogP contribution in [0.4, 0.5) is 12.0 Å². The number of nitrogen functional groups attached to an aromatic ring is 1. The molecule has 10 heteroatoms. The molecule has 0 radical (unpaired) electrons. The number of hydrogen-bond acceptors (Lipinski definition) is 8. The van der Waals surface area contributed by atoms with Crippen LogP contribution >= 0.6 is 0 Å². The SMILES string of the molecule is NC(=O)[C@@H](CCCNc1noc(N)n1)N(Cc1ccc(O)cc1)C(=O)C(c1ccccc1)c1ccccc1. The smallest absolute Gasteiger partial charge is 0.320 e. The standard InChI is InChI=1S/C28H30N6O4/c29-25(36)23(12-7-17-31-28-32-27(30)38-33-28)34(18-19-13-15-22(35)16-14-19)26(37)24(20-8-3-1-4-9-20)21-10-5-2-6-11-21/h1-6,8-11,13-16,23-24,35H,7,12,17-18H2,(H2,29,36)(H3,30,31,32,33)/t23-/m1/s1. The number of anilines is 2. The molecule has 0 fully saturated rings. The van der Waals surface area contributed by atoms with Crippen molar-refractivity contribution in [1.82, 2.24) is 15.0 Å². The van der Waals surface area contributed by atoms with E-state index in [-0.39, 0.29) is 30.2 Å². The van der Waals surface area contributed by atoms with Gasteiger partial charge in [0.15, 0.2) is 0 Å². The molecular formula is C28H30N6O4. The molecule has 1 heterocycles. The van der Waals surface area contributed by atoms with Gasteiger partial charge in [0.1, 0.15) is 11.8 Å². The van der Waals surface area contributed by atoms with Gasteiger partial charge in [-0.25, -0.2) is 0 Å². The average Bonchev–Trinajstić information content (AvgIpc) is 3.34. The predicted octanol–water partition coefficient (Wildman–Crippen LogP) is 3.26. The molecule has 1 atom stereocenters. The van der Waals surface area contributed by atoms with E-state index in [1.807, 2.05) is 60.7 Å². The molecule has 0 spiro atoms. The summed E-state index contributed by atoms with van der Waals surface area (Å²) in [5.41, 5.74) is 13.7. The van der Waals surface area contributed by atoms with Crippen LogP contribution in [-0.4, -0.2) is 44.5 Å². The van der Waals surface area contributed by atoms with Crippen LogP contribution in [-0.2, 0) is 16.1 Å². The predicted molar refractivity (Wildman–Crippen MR) is 143 cm³/mol. The molecule has 4 aromatic rings. The first kappa shape index (κ1) is 26.2. The molecule has 4 rings (SSSR count). The summed E-state index contributed by atoms with van der Waals surface area (Å²) < 4.78 is 4.75. The van der Waals surface area contributed by atoms with Crippen LogP contribution < -0.4 is 16.8 Å².